The number of ketones is 1. The lowest BCUT2D eigenvalue weighted by Gasteiger charge is -2.17. The molecule has 0 spiro atoms. The largest absolute Gasteiger partial charge is 0.491 e. The minimum absolute atomic E-state index is 0.0273. The van der Waals surface area contributed by atoms with Gasteiger partial charge in [0.2, 0.25) is 5.88 Å². The Morgan fingerprint density at radius 3 is 2.18 bits per heavy atom. The van der Waals surface area contributed by atoms with Crippen molar-refractivity contribution in [3.8, 4) is 5.88 Å². The summed E-state index contributed by atoms with van der Waals surface area (Å²) in [5, 5.41) is 3.96. The van der Waals surface area contributed by atoms with E-state index in [1.165, 1.54) is 12.1 Å². The second kappa shape index (κ2) is 9.73. The SMILES string of the molecule is CC(C)=C(C)c1c(S(C)(=O)=O)ccc(C(=O)c2cnn(CC(C)C)c2OC(=O)C(F)(F)F)c1C. The summed E-state index contributed by atoms with van der Waals surface area (Å²) in [6.45, 7) is 10.5. The normalized spacial score (nSPS) is 12.1. The highest BCUT2D eigenvalue weighted by atomic mass is 32.2. The van der Waals surface area contributed by atoms with Crippen molar-refractivity contribution in [3.63, 3.8) is 0 Å². The molecule has 0 unspecified atom stereocenters. The molecular weight excluding hydrogens is 473 g/mol. The molecule has 7 nitrogen and oxygen atoms in total. The van der Waals surface area contributed by atoms with Gasteiger partial charge in [0.1, 0.15) is 5.56 Å². The molecule has 0 saturated carbocycles. The molecule has 0 N–H and O–H groups in total. The van der Waals surface area contributed by atoms with E-state index < -0.39 is 33.6 Å². The summed E-state index contributed by atoms with van der Waals surface area (Å²) >= 11 is 0. The monoisotopic (exact) mass is 500 g/mol. The fourth-order valence-corrected chi connectivity index (χ4v) is 4.35. The average Bonchev–Trinajstić information content (AvgIpc) is 3.06. The molecule has 2 aromatic rings. The van der Waals surface area contributed by atoms with Gasteiger partial charge in [0, 0.05) is 18.4 Å². The van der Waals surface area contributed by atoms with E-state index in [1.807, 2.05) is 0 Å². The Morgan fingerprint density at radius 1 is 1.12 bits per heavy atom. The van der Waals surface area contributed by atoms with Gasteiger partial charge >= 0.3 is 12.1 Å². The fourth-order valence-electron chi connectivity index (χ4n) is 3.36. The third-order valence-electron chi connectivity index (χ3n) is 5.19. The molecule has 0 aliphatic rings. The van der Waals surface area contributed by atoms with Crippen molar-refractivity contribution >= 4 is 27.2 Å². The molecule has 2 rings (SSSR count). The van der Waals surface area contributed by atoms with Gasteiger partial charge in [0.25, 0.3) is 0 Å². The predicted octanol–water partition coefficient (Wildman–Crippen LogP) is 4.76. The van der Waals surface area contributed by atoms with E-state index in [0.717, 1.165) is 22.7 Å². The number of esters is 1. The number of hydrogen-bond acceptors (Lipinski definition) is 6. The molecule has 0 radical (unpaired) electrons. The number of carbonyl (C=O) groups is 2. The number of halogens is 3. The molecular formula is C23H27F3N2O5S. The highest BCUT2D eigenvalue weighted by molar-refractivity contribution is 7.90. The summed E-state index contributed by atoms with van der Waals surface area (Å²) < 4.78 is 69.0. The van der Waals surface area contributed by atoms with Gasteiger partial charge < -0.3 is 4.74 Å². The molecule has 0 atom stereocenters. The van der Waals surface area contributed by atoms with Crippen LogP contribution >= 0.6 is 0 Å². The van der Waals surface area contributed by atoms with Gasteiger partial charge in [-0.15, -0.1) is 0 Å². The molecule has 1 aromatic heterocycles. The van der Waals surface area contributed by atoms with Crippen LogP contribution in [0.1, 0.15) is 61.7 Å². The highest BCUT2D eigenvalue weighted by Crippen LogP contribution is 2.33. The summed E-state index contributed by atoms with van der Waals surface area (Å²) in [7, 11) is -3.65. The minimum Gasteiger partial charge on any atom is -0.400 e. The molecule has 0 bridgehead atoms. The number of hydrogen-bond donors (Lipinski definition) is 0. The van der Waals surface area contributed by atoms with E-state index in [0.29, 0.717) is 16.7 Å². The zero-order valence-electron chi connectivity index (χ0n) is 20.0. The van der Waals surface area contributed by atoms with E-state index >= 15 is 0 Å². The quantitative estimate of drug-likeness (QED) is 0.402. The van der Waals surface area contributed by atoms with Gasteiger partial charge in [-0.3, -0.25) is 4.79 Å². The number of rotatable bonds is 7. The van der Waals surface area contributed by atoms with Gasteiger partial charge in [0.05, 0.1) is 11.1 Å². The molecule has 0 saturated heterocycles. The van der Waals surface area contributed by atoms with Crippen molar-refractivity contribution in [2.75, 3.05) is 6.26 Å². The Balaban J connectivity index is 2.75. The number of benzene rings is 1. The van der Waals surface area contributed by atoms with Crippen LogP contribution in [0, 0.1) is 12.8 Å². The van der Waals surface area contributed by atoms with Crippen molar-refractivity contribution in [3.05, 3.63) is 46.2 Å². The van der Waals surface area contributed by atoms with Crippen LogP contribution in [0.2, 0.25) is 0 Å². The Hall–Kier alpha value is -2.95. The van der Waals surface area contributed by atoms with Gasteiger partial charge in [-0.1, -0.05) is 19.4 Å². The Labute approximate surface area is 196 Å². The molecule has 0 fully saturated rings. The maximum atomic E-state index is 13.4. The number of nitrogens with zero attached hydrogens (tertiary/aromatic N) is 2. The van der Waals surface area contributed by atoms with Crippen molar-refractivity contribution in [2.24, 2.45) is 5.92 Å². The first-order chi connectivity index (χ1) is 15.5. The number of sulfone groups is 1. The van der Waals surface area contributed by atoms with E-state index in [9.17, 15) is 31.2 Å². The molecule has 0 amide bonds. The van der Waals surface area contributed by atoms with Gasteiger partial charge in [-0.05, 0) is 62.4 Å². The van der Waals surface area contributed by atoms with Crippen molar-refractivity contribution in [2.45, 2.75) is 59.2 Å². The molecule has 11 heteroatoms. The highest BCUT2D eigenvalue weighted by Gasteiger charge is 2.43. The maximum Gasteiger partial charge on any atom is 0.491 e. The third kappa shape index (κ3) is 5.75. The lowest BCUT2D eigenvalue weighted by molar-refractivity contribution is -0.190. The molecule has 0 aliphatic carbocycles. The summed E-state index contributed by atoms with van der Waals surface area (Å²) in [6, 6.07) is 2.59. The van der Waals surface area contributed by atoms with E-state index in [-0.39, 0.29) is 28.5 Å². The third-order valence-corrected chi connectivity index (χ3v) is 6.33. The molecule has 1 aromatic carbocycles. The van der Waals surface area contributed by atoms with Crippen LogP contribution in [0.15, 0.2) is 28.8 Å². The molecule has 0 aliphatic heterocycles. The Morgan fingerprint density at radius 2 is 1.71 bits per heavy atom. The minimum atomic E-state index is -5.27. The van der Waals surface area contributed by atoms with E-state index in [1.54, 1.807) is 41.5 Å². The van der Waals surface area contributed by atoms with Crippen molar-refractivity contribution < 1.29 is 35.9 Å². The lowest BCUT2D eigenvalue weighted by atomic mass is 9.91. The first-order valence-corrected chi connectivity index (χ1v) is 12.2. The number of carbonyl (C=O) groups excluding carboxylic acids is 2. The second-order valence-electron chi connectivity index (χ2n) is 8.66. The fraction of sp³-hybridized carbons (Fsp3) is 0.435. The van der Waals surface area contributed by atoms with Crippen LogP contribution in [0.5, 0.6) is 5.88 Å². The molecule has 1 heterocycles. The molecule has 34 heavy (non-hydrogen) atoms. The van der Waals surface area contributed by atoms with Gasteiger partial charge in [-0.25, -0.2) is 17.9 Å². The summed E-state index contributed by atoms with van der Waals surface area (Å²) in [5.41, 5.74) is 1.85. The van der Waals surface area contributed by atoms with Crippen LogP contribution in [0.4, 0.5) is 13.2 Å². The van der Waals surface area contributed by atoms with Crippen LogP contribution in [0.3, 0.4) is 0 Å². The zero-order valence-corrected chi connectivity index (χ0v) is 20.8. The second-order valence-corrected chi connectivity index (χ2v) is 10.6. The average molecular weight is 501 g/mol. The summed E-state index contributed by atoms with van der Waals surface area (Å²) in [4.78, 5) is 25.0. The summed E-state index contributed by atoms with van der Waals surface area (Å²) in [6.07, 6.45) is -3.18. The predicted molar refractivity (Wildman–Crippen MR) is 120 cm³/mol. The first kappa shape index (κ1) is 27.3. The smallest absolute Gasteiger partial charge is 0.400 e. The Bertz CT molecular complexity index is 1270. The van der Waals surface area contributed by atoms with Gasteiger partial charge in [-0.2, -0.15) is 18.3 Å². The number of alkyl halides is 3. The lowest BCUT2D eigenvalue weighted by Crippen LogP contribution is -2.29. The van der Waals surface area contributed by atoms with Crippen LogP contribution in [-0.4, -0.2) is 42.4 Å². The maximum absolute atomic E-state index is 13.4. The standard InChI is InChI=1S/C23H27F3N2O5S/c1-12(2)11-28-21(33-22(30)23(24,25)26)17(10-27-28)20(29)16-8-9-18(34(7,31)32)19(15(16)6)14(5)13(3)4/h8-10,12H,11H2,1-7H3. The first-order valence-electron chi connectivity index (χ1n) is 10.3. The number of allylic oxidation sites excluding steroid dienone is 2. The molecule has 186 valence electrons. The van der Waals surface area contributed by atoms with Crippen molar-refractivity contribution in [1.82, 2.24) is 9.78 Å². The van der Waals surface area contributed by atoms with Gasteiger partial charge in [0.15, 0.2) is 15.6 Å². The topological polar surface area (TPSA) is 95.3 Å². The van der Waals surface area contributed by atoms with Crippen LogP contribution in [0.25, 0.3) is 5.57 Å². The van der Waals surface area contributed by atoms with Crippen LogP contribution < -0.4 is 4.74 Å². The van der Waals surface area contributed by atoms with E-state index in [2.05, 4.69) is 9.84 Å². The summed E-state index contributed by atoms with van der Waals surface area (Å²) in [5.74, 6) is -3.92. The zero-order chi connectivity index (χ0) is 26.2. The van der Waals surface area contributed by atoms with E-state index in [4.69, 9.17) is 0 Å². The Kier molecular flexibility index (Phi) is 7.81. The van der Waals surface area contributed by atoms with Crippen molar-refractivity contribution in [1.29, 1.82) is 0 Å². The number of aromatic nitrogens is 2. The number of ether oxygens (including phenoxy) is 1. The van der Waals surface area contributed by atoms with Crippen LogP contribution in [-0.2, 0) is 21.2 Å².